The topological polar surface area (TPSA) is 64.9 Å². The highest BCUT2D eigenvalue weighted by atomic mass is 16.2. The van der Waals surface area contributed by atoms with Gasteiger partial charge in [-0.15, -0.1) is 0 Å². The summed E-state index contributed by atoms with van der Waals surface area (Å²) in [6, 6.07) is 12.9. The molecule has 0 unspecified atom stereocenters. The molecule has 3 heterocycles. The number of likely N-dealkylation sites (N-methyl/N-ethyl adjacent to an activating group) is 1. The highest BCUT2D eigenvalue weighted by molar-refractivity contribution is 5.82. The second-order valence-corrected chi connectivity index (χ2v) is 9.07. The fourth-order valence-corrected chi connectivity index (χ4v) is 4.76. The summed E-state index contributed by atoms with van der Waals surface area (Å²) in [4.78, 5) is 17.1. The van der Waals surface area contributed by atoms with Gasteiger partial charge < -0.3 is 20.4 Å². The van der Waals surface area contributed by atoms with Crippen LogP contribution < -0.4 is 15.5 Å². The molecule has 1 aliphatic carbocycles. The largest absolute Gasteiger partial charge is 0.384 e. The minimum absolute atomic E-state index is 0.284. The molecule has 7 nitrogen and oxygen atoms in total. The summed E-state index contributed by atoms with van der Waals surface area (Å²) in [5.41, 5.74) is 5.77. The van der Waals surface area contributed by atoms with Crippen molar-refractivity contribution < 1.29 is 4.79 Å². The fraction of sp³-hybridized carbons (Fsp3) is 0.462. The molecule has 0 bridgehead atoms. The lowest BCUT2D eigenvalue weighted by Crippen LogP contribution is -2.51. The van der Waals surface area contributed by atoms with E-state index in [0.717, 1.165) is 75.4 Å². The first-order chi connectivity index (χ1) is 16.2. The van der Waals surface area contributed by atoms with E-state index in [-0.39, 0.29) is 5.92 Å². The third kappa shape index (κ3) is 4.69. The average Bonchev–Trinajstić information content (AvgIpc) is 3.26. The van der Waals surface area contributed by atoms with Gasteiger partial charge in [0.15, 0.2) is 0 Å². The normalized spacial score (nSPS) is 16.8. The predicted octanol–water partition coefficient (Wildman–Crippen LogP) is 3.47. The Morgan fingerprint density at radius 2 is 1.82 bits per heavy atom. The zero-order valence-corrected chi connectivity index (χ0v) is 19.5. The number of nitrogens with one attached hydrogen (secondary N) is 2. The summed E-state index contributed by atoms with van der Waals surface area (Å²) >= 11 is 0. The van der Waals surface area contributed by atoms with E-state index in [1.807, 2.05) is 10.7 Å². The Kier molecular flexibility index (Phi) is 6.48. The number of nitrogens with zero attached hydrogens (tertiary/aromatic N) is 4. The molecule has 1 amide bonds. The number of rotatable bonds is 8. The number of benzene rings is 1. The van der Waals surface area contributed by atoms with Gasteiger partial charge in [-0.25, -0.2) is 4.52 Å². The van der Waals surface area contributed by atoms with E-state index in [2.05, 4.69) is 75.1 Å². The molecule has 2 aromatic heterocycles. The molecule has 7 heteroatoms. The number of amides is 1. The zero-order chi connectivity index (χ0) is 22.6. The molecule has 2 fully saturated rings. The van der Waals surface area contributed by atoms with E-state index in [1.165, 1.54) is 17.7 Å². The van der Waals surface area contributed by atoms with Crippen molar-refractivity contribution in [2.24, 2.45) is 5.92 Å². The van der Waals surface area contributed by atoms with Crippen molar-refractivity contribution in [2.45, 2.75) is 26.2 Å². The van der Waals surface area contributed by atoms with Crippen molar-refractivity contribution in [3.8, 4) is 11.1 Å². The molecule has 1 saturated carbocycles. The first kappa shape index (κ1) is 21.8. The van der Waals surface area contributed by atoms with Gasteiger partial charge in [-0.1, -0.05) is 25.5 Å². The molecule has 2 aliphatic rings. The molecule has 0 spiro atoms. The number of piperazine rings is 1. The van der Waals surface area contributed by atoms with Gasteiger partial charge in [-0.05, 0) is 49.2 Å². The Morgan fingerprint density at radius 1 is 1.03 bits per heavy atom. The van der Waals surface area contributed by atoms with Crippen molar-refractivity contribution in [3.05, 3.63) is 48.8 Å². The number of fused-ring (bicyclic) bond motifs is 1. The van der Waals surface area contributed by atoms with Crippen LogP contribution in [0.5, 0.6) is 0 Å². The van der Waals surface area contributed by atoms with Gasteiger partial charge in [0, 0.05) is 68.8 Å². The minimum Gasteiger partial charge on any atom is -0.384 e. The van der Waals surface area contributed by atoms with Crippen molar-refractivity contribution in [1.82, 2.24) is 19.8 Å². The molecule has 0 radical (unpaired) electrons. The lowest BCUT2D eigenvalue weighted by Gasteiger charge is -2.39. The van der Waals surface area contributed by atoms with Crippen LogP contribution >= 0.6 is 0 Å². The predicted molar refractivity (Wildman–Crippen MR) is 134 cm³/mol. The van der Waals surface area contributed by atoms with Gasteiger partial charge in [0.2, 0.25) is 5.91 Å². The van der Waals surface area contributed by atoms with E-state index in [0.29, 0.717) is 5.91 Å². The Morgan fingerprint density at radius 3 is 2.52 bits per heavy atom. The fourth-order valence-electron chi connectivity index (χ4n) is 4.76. The maximum absolute atomic E-state index is 12.6. The zero-order valence-electron chi connectivity index (χ0n) is 19.5. The SMILES string of the molecule is CCNCCNc1ccc(-c2cc3c(N4CCN(C(=O)C5CCC5)CC4)ccnn3c2)cc1. The van der Waals surface area contributed by atoms with Crippen LogP contribution in [-0.2, 0) is 4.79 Å². The number of anilines is 2. The second kappa shape index (κ2) is 9.83. The van der Waals surface area contributed by atoms with Crippen LogP contribution in [0.2, 0.25) is 0 Å². The first-order valence-corrected chi connectivity index (χ1v) is 12.3. The van der Waals surface area contributed by atoms with Gasteiger partial charge >= 0.3 is 0 Å². The lowest BCUT2D eigenvalue weighted by molar-refractivity contribution is -0.138. The smallest absolute Gasteiger partial charge is 0.225 e. The molecule has 1 saturated heterocycles. The summed E-state index contributed by atoms with van der Waals surface area (Å²) < 4.78 is 1.97. The van der Waals surface area contributed by atoms with Crippen LogP contribution in [0.25, 0.3) is 16.6 Å². The summed E-state index contributed by atoms with van der Waals surface area (Å²) in [5.74, 6) is 0.650. The van der Waals surface area contributed by atoms with Crippen LogP contribution in [0.15, 0.2) is 48.8 Å². The highest BCUT2D eigenvalue weighted by Crippen LogP contribution is 2.31. The van der Waals surface area contributed by atoms with Gasteiger partial charge in [0.1, 0.15) is 0 Å². The molecule has 174 valence electrons. The molecule has 1 aromatic carbocycles. The van der Waals surface area contributed by atoms with Crippen molar-refractivity contribution in [3.63, 3.8) is 0 Å². The molecular formula is C26H34N6O. The molecule has 3 aromatic rings. The minimum atomic E-state index is 0.284. The first-order valence-electron chi connectivity index (χ1n) is 12.3. The maximum atomic E-state index is 12.6. The van der Waals surface area contributed by atoms with Crippen LogP contribution in [-0.4, -0.2) is 66.2 Å². The number of hydrogen-bond acceptors (Lipinski definition) is 5. The van der Waals surface area contributed by atoms with Crippen LogP contribution in [0.3, 0.4) is 0 Å². The molecule has 1 aliphatic heterocycles. The number of carbonyl (C=O) groups excluding carboxylic acids is 1. The Hall–Kier alpha value is -3.06. The molecule has 2 N–H and O–H groups in total. The van der Waals surface area contributed by atoms with E-state index >= 15 is 0 Å². The van der Waals surface area contributed by atoms with Crippen molar-refractivity contribution >= 4 is 22.8 Å². The Balaban J connectivity index is 1.27. The van der Waals surface area contributed by atoms with E-state index in [4.69, 9.17) is 0 Å². The number of hydrogen-bond donors (Lipinski definition) is 2. The number of carbonyl (C=O) groups is 1. The third-order valence-electron chi connectivity index (χ3n) is 6.97. The molecule has 5 rings (SSSR count). The van der Waals surface area contributed by atoms with E-state index in [1.54, 1.807) is 0 Å². The second-order valence-electron chi connectivity index (χ2n) is 9.07. The number of aromatic nitrogens is 2. The van der Waals surface area contributed by atoms with Crippen LogP contribution in [0.1, 0.15) is 26.2 Å². The van der Waals surface area contributed by atoms with Crippen LogP contribution in [0.4, 0.5) is 11.4 Å². The maximum Gasteiger partial charge on any atom is 0.225 e. The van der Waals surface area contributed by atoms with Gasteiger partial charge in [0.25, 0.3) is 0 Å². The van der Waals surface area contributed by atoms with Crippen LogP contribution in [0, 0.1) is 5.92 Å². The Labute approximate surface area is 195 Å². The molecule has 33 heavy (non-hydrogen) atoms. The monoisotopic (exact) mass is 446 g/mol. The van der Waals surface area contributed by atoms with Gasteiger partial charge in [-0.3, -0.25) is 4.79 Å². The van der Waals surface area contributed by atoms with Crippen molar-refractivity contribution in [2.75, 3.05) is 56.0 Å². The average molecular weight is 447 g/mol. The standard InChI is InChI=1S/C26H34N6O/c1-2-27-12-13-28-23-8-6-20(7-9-23)22-18-25-24(10-11-29-32(25)19-22)30-14-16-31(17-15-30)26(33)21-4-3-5-21/h6-11,18-19,21,27-28H,2-5,12-17H2,1H3. The summed E-state index contributed by atoms with van der Waals surface area (Å²) in [6.07, 6.45) is 7.32. The lowest BCUT2D eigenvalue weighted by atomic mass is 9.84. The Bertz CT molecular complexity index is 1080. The van der Waals surface area contributed by atoms with Crippen molar-refractivity contribution in [1.29, 1.82) is 0 Å². The van der Waals surface area contributed by atoms with E-state index in [9.17, 15) is 4.79 Å². The van der Waals surface area contributed by atoms with Gasteiger partial charge in [-0.2, -0.15) is 5.10 Å². The third-order valence-corrected chi connectivity index (χ3v) is 6.97. The quantitative estimate of drug-likeness (QED) is 0.519. The van der Waals surface area contributed by atoms with E-state index < -0.39 is 0 Å². The van der Waals surface area contributed by atoms with Gasteiger partial charge in [0.05, 0.1) is 11.2 Å². The molecule has 0 atom stereocenters. The summed E-state index contributed by atoms with van der Waals surface area (Å²) in [7, 11) is 0. The summed E-state index contributed by atoms with van der Waals surface area (Å²) in [5, 5.41) is 11.3. The summed E-state index contributed by atoms with van der Waals surface area (Å²) in [6.45, 7) is 8.33. The highest BCUT2D eigenvalue weighted by Gasteiger charge is 2.31. The molecular weight excluding hydrogens is 412 g/mol.